The highest BCUT2D eigenvalue weighted by atomic mass is 16.5. The van der Waals surface area contributed by atoms with Crippen LogP contribution in [0.4, 0.5) is 0 Å². The molecule has 0 aliphatic carbocycles. The van der Waals surface area contributed by atoms with Crippen LogP contribution in [0.2, 0.25) is 0 Å². The quantitative estimate of drug-likeness (QED) is 0.686. The smallest absolute Gasteiger partial charge is 0.123 e. The molecule has 76 valence electrons. The zero-order valence-electron chi connectivity index (χ0n) is 8.79. The minimum absolute atomic E-state index is 0.760. The molecule has 0 aromatic heterocycles. The molecule has 0 N–H and O–H groups in total. The number of rotatable bonds is 2. The molecule has 2 heteroatoms. The van der Waals surface area contributed by atoms with Gasteiger partial charge in [-0.3, -0.25) is 0 Å². The summed E-state index contributed by atoms with van der Waals surface area (Å²) in [5.41, 5.74) is 3.71. The minimum Gasteiger partial charge on any atom is -0.493 e. The number of benzene rings is 1. The summed E-state index contributed by atoms with van der Waals surface area (Å²) in [4.78, 5) is 0. The van der Waals surface area contributed by atoms with E-state index < -0.39 is 0 Å². The molecule has 0 radical (unpaired) electrons. The van der Waals surface area contributed by atoms with E-state index in [2.05, 4.69) is 13.0 Å². The highest BCUT2D eigenvalue weighted by Crippen LogP contribution is 2.31. The van der Waals surface area contributed by atoms with Gasteiger partial charge in [0.15, 0.2) is 0 Å². The Balaban J connectivity index is 2.53. The molecule has 0 saturated carbocycles. The van der Waals surface area contributed by atoms with Gasteiger partial charge in [0.25, 0.3) is 0 Å². The van der Waals surface area contributed by atoms with E-state index in [1.165, 1.54) is 22.8 Å². The van der Waals surface area contributed by atoms with E-state index in [-0.39, 0.29) is 0 Å². The average Bonchev–Trinajstić information content (AvgIpc) is 2.73. The van der Waals surface area contributed by atoms with Gasteiger partial charge in [0.2, 0.25) is 0 Å². The summed E-state index contributed by atoms with van der Waals surface area (Å²) in [6.07, 6.45) is 5.37. The Hall–Kier alpha value is -1.75. The van der Waals surface area contributed by atoms with Gasteiger partial charge in [0.05, 0.1) is 12.7 Å². The van der Waals surface area contributed by atoms with Crippen LogP contribution in [-0.4, -0.2) is 6.61 Å². The second kappa shape index (κ2) is 4.18. The number of nitriles is 1. The monoisotopic (exact) mass is 199 g/mol. The van der Waals surface area contributed by atoms with Gasteiger partial charge in [-0.1, -0.05) is 13.0 Å². The van der Waals surface area contributed by atoms with Crippen molar-refractivity contribution in [3.05, 3.63) is 34.9 Å². The predicted octanol–water partition coefficient (Wildman–Crippen LogP) is 2.72. The number of hydrogen-bond acceptors (Lipinski definition) is 2. The Bertz CT molecular complexity index is 441. The fourth-order valence-corrected chi connectivity index (χ4v) is 1.99. The van der Waals surface area contributed by atoms with Gasteiger partial charge in [0.1, 0.15) is 5.75 Å². The molecule has 1 aliphatic rings. The van der Waals surface area contributed by atoms with Crippen LogP contribution in [0.25, 0.3) is 6.08 Å². The van der Waals surface area contributed by atoms with E-state index >= 15 is 0 Å². The fourth-order valence-electron chi connectivity index (χ4n) is 1.99. The van der Waals surface area contributed by atoms with E-state index in [1.807, 2.05) is 18.2 Å². The summed E-state index contributed by atoms with van der Waals surface area (Å²) in [7, 11) is 0. The molecule has 15 heavy (non-hydrogen) atoms. The van der Waals surface area contributed by atoms with Crippen molar-refractivity contribution in [2.75, 3.05) is 6.61 Å². The third-order valence-electron chi connectivity index (χ3n) is 2.72. The molecule has 0 spiro atoms. The fraction of sp³-hybridized carbons (Fsp3) is 0.308. The topological polar surface area (TPSA) is 33.0 Å². The van der Waals surface area contributed by atoms with E-state index in [4.69, 9.17) is 10.00 Å². The zero-order chi connectivity index (χ0) is 10.7. The number of nitrogens with zero attached hydrogens (tertiary/aromatic N) is 1. The van der Waals surface area contributed by atoms with Gasteiger partial charge in [-0.25, -0.2) is 0 Å². The molecule has 0 fully saturated rings. The third kappa shape index (κ3) is 1.73. The molecule has 1 aromatic rings. The van der Waals surface area contributed by atoms with E-state index in [1.54, 1.807) is 0 Å². The van der Waals surface area contributed by atoms with Gasteiger partial charge >= 0.3 is 0 Å². The molecule has 0 unspecified atom stereocenters. The van der Waals surface area contributed by atoms with E-state index in [9.17, 15) is 0 Å². The Morgan fingerprint density at radius 2 is 2.40 bits per heavy atom. The summed E-state index contributed by atoms with van der Waals surface area (Å²) in [5.74, 6) is 0.977. The van der Waals surface area contributed by atoms with Crippen molar-refractivity contribution in [3.63, 3.8) is 0 Å². The maximum absolute atomic E-state index is 8.57. The van der Waals surface area contributed by atoms with Crippen molar-refractivity contribution in [2.24, 2.45) is 0 Å². The standard InChI is InChI=1S/C13H13NO/c1-2-10-5-6-13-12(7-9-15-13)11(10)4-3-8-14/h3-6H,2,7,9H2,1H3/b4-3+. The molecule has 0 bridgehead atoms. The first-order valence-corrected chi connectivity index (χ1v) is 5.20. The first-order chi connectivity index (χ1) is 7.36. The molecule has 1 aromatic carbocycles. The minimum atomic E-state index is 0.760. The second-order valence-corrected chi connectivity index (χ2v) is 3.53. The molecule has 0 amide bonds. The van der Waals surface area contributed by atoms with Crippen molar-refractivity contribution >= 4 is 6.08 Å². The number of ether oxygens (including phenoxy) is 1. The van der Waals surface area contributed by atoms with Gasteiger partial charge < -0.3 is 4.74 Å². The molecule has 2 rings (SSSR count). The average molecular weight is 199 g/mol. The number of fused-ring (bicyclic) bond motifs is 1. The molecular weight excluding hydrogens is 186 g/mol. The van der Waals surface area contributed by atoms with E-state index in [0.29, 0.717) is 0 Å². The number of hydrogen-bond donors (Lipinski definition) is 0. The van der Waals surface area contributed by atoms with E-state index in [0.717, 1.165) is 25.2 Å². The van der Waals surface area contributed by atoms with Crippen molar-refractivity contribution in [1.29, 1.82) is 5.26 Å². The maximum atomic E-state index is 8.57. The highest BCUT2D eigenvalue weighted by molar-refractivity contribution is 5.64. The zero-order valence-corrected chi connectivity index (χ0v) is 8.79. The lowest BCUT2D eigenvalue weighted by Gasteiger charge is -2.08. The number of allylic oxidation sites excluding steroid dienone is 1. The van der Waals surface area contributed by atoms with Crippen molar-refractivity contribution < 1.29 is 4.74 Å². The van der Waals surface area contributed by atoms with Crippen LogP contribution < -0.4 is 4.74 Å². The van der Waals surface area contributed by atoms with Crippen LogP contribution in [0.15, 0.2) is 18.2 Å². The molecule has 1 heterocycles. The van der Waals surface area contributed by atoms with Crippen LogP contribution in [0.1, 0.15) is 23.6 Å². The highest BCUT2D eigenvalue weighted by Gasteiger charge is 2.16. The Labute approximate surface area is 89.8 Å². The van der Waals surface area contributed by atoms with Crippen molar-refractivity contribution in [1.82, 2.24) is 0 Å². The summed E-state index contributed by atoms with van der Waals surface area (Å²) in [5, 5.41) is 8.57. The summed E-state index contributed by atoms with van der Waals surface area (Å²) in [6, 6.07) is 6.15. The molecule has 2 nitrogen and oxygen atoms in total. The van der Waals surface area contributed by atoms with Gasteiger partial charge in [-0.05, 0) is 29.7 Å². The Morgan fingerprint density at radius 3 is 3.13 bits per heavy atom. The second-order valence-electron chi connectivity index (χ2n) is 3.53. The normalized spacial score (nSPS) is 13.6. The first-order valence-electron chi connectivity index (χ1n) is 5.20. The summed E-state index contributed by atoms with van der Waals surface area (Å²) >= 11 is 0. The molecule has 0 saturated heterocycles. The maximum Gasteiger partial charge on any atom is 0.123 e. The van der Waals surface area contributed by atoms with Crippen LogP contribution in [0.3, 0.4) is 0 Å². The van der Waals surface area contributed by atoms with Gasteiger partial charge in [0, 0.05) is 18.1 Å². The van der Waals surface area contributed by atoms with Crippen molar-refractivity contribution in [2.45, 2.75) is 19.8 Å². The lowest BCUT2D eigenvalue weighted by atomic mass is 9.97. The lowest BCUT2D eigenvalue weighted by molar-refractivity contribution is 0.357. The molecular formula is C13H13NO. The first kappa shape index (κ1) is 9.79. The largest absolute Gasteiger partial charge is 0.493 e. The summed E-state index contributed by atoms with van der Waals surface area (Å²) in [6.45, 7) is 2.89. The van der Waals surface area contributed by atoms with Crippen LogP contribution in [-0.2, 0) is 12.8 Å². The Morgan fingerprint density at radius 1 is 1.53 bits per heavy atom. The lowest BCUT2D eigenvalue weighted by Crippen LogP contribution is -1.91. The SMILES string of the molecule is CCc1ccc2c(c1/C=C/C#N)CCO2. The predicted molar refractivity (Wildman–Crippen MR) is 59.7 cm³/mol. The molecule has 1 aliphatic heterocycles. The number of aryl methyl sites for hydroxylation is 1. The Kier molecular flexibility index (Phi) is 2.73. The van der Waals surface area contributed by atoms with Crippen LogP contribution in [0, 0.1) is 11.3 Å². The van der Waals surface area contributed by atoms with Crippen LogP contribution >= 0.6 is 0 Å². The molecule has 0 atom stereocenters. The summed E-state index contributed by atoms with van der Waals surface area (Å²) < 4.78 is 5.50. The van der Waals surface area contributed by atoms with Gasteiger partial charge in [-0.2, -0.15) is 5.26 Å². The van der Waals surface area contributed by atoms with Gasteiger partial charge in [-0.15, -0.1) is 0 Å². The van der Waals surface area contributed by atoms with Crippen LogP contribution in [0.5, 0.6) is 5.75 Å². The van der Waals surface area contributed by atoms with Crippen molar-refractivity contribution in [3.8, 4) is 11.8 Å². The third-order valence-corrected chi connectivity index (χ3v) is 2.72.